The van der Waals surface area contributed by atoms with Crippen LogP contribution in [0.4, 0.5) is 0 Å². The van der Waals surface area contributed by atoms with E-state index < -0.39 is 0 Å². The average molecular weight is 227 g/mol. The van der Waals surface area contributed by atoms with Crippen LogP contribution in [0.25, 0.3) is 0 Å². The highest BCUT2D eigenvalue weighted by molar-refractivity contribution is 14.0. The van der Waals surface area contributed by atoms with Gasteiger partial charge in [-0.3, -0.25) is 0 Å². The van der Waals surface area contributed by atoms with Gasteiger partial charge in [-0.25, -0.2) is 0 Å². The molecule has 0 saturated heterocycles. The van der Waals surface area contributed by atoms with Gasteiger partial charge in [0, 0.05) is 6.04 Å². The molecule has 0 aromatic rings. The molecule has 1 aliphatic rings. The van der Waals surface area contributed by atoms with E-state index in [1.54, 1.807) is 0 Å². The lowest BCUT2D eigenvalue weighted by Crippen LogP contribution is -2.22. The van der Waals surface area contributed by atoms with Crippen LogP contribution >= 0.6 is 24.0 Å². The Balaban J connectivity index is 0.000000490. The summed E-state index contributed by atoms with van der Waals surface area (Å²) in [7, 11) is 0. The predicted octanol–water partition coefficient (Wildman–Crippen LogP) is 1.90. The highest BCUT2D eigenvalue weighted by Crippen LogP contribution is 2.14. The molecule has 2 heteroatoms. The smallest absolute Gasteiger partial charge is 0.00388 e. The molecular weight excluding hydrogens is 213 g/mol. The zero-order valence-electron chi connectivity index (χ0n) is 5.10. The Morgan fingerprint density at radius 1 is 1.00 bits per heavy atom. The quantitative estimate of drug-likeness (QED) is 0.628. The molecule has 2 N–H and O–H groups in total. The monoisotopic (exact) mass is 227 g/mol. The molecule has 0 amide bonds. The molecule has 0 unspecified atom stereocenters. The molecule has 0 atom stereocenters. The molecule has 0 bridgehead atoms. The van der Waals surface area contributed by atoms with Crippen molar-refractivity contribution in [2.45, 2.75) is 38.1 Å². The minimum Gasteiger partial charge on any atom is -0.328 e. The van der Waals surface area contributed by atoms with E-state index in [0.29, 0.717) is 6.04 Å². The molecule has 0 heterocycles. The normalized spacial score (nSPS) is 22.1. The van der Waals surface area contributed by atoms with E-state index in [-0.39, 0.29) is 24.0 Å². The molecule has 0 aliphatic heterocycles. The van der Waals surface area contributed by atoms with Gasteiger partial charge < -0.3 is 5.73 Å². The largest absolute Gasteiger partial charge is 0.328 e. The van der Waals surface area contributed by atoms with Crippen LogP contribution in [0, 0.1) is 0 Å². The van der Waals surface area contributed by atoms with Gasteiger partial charge >= 0.3 is 0 Å². The van der Waals surface area contributed by atoms with Crippen LogP contribution in [-0.2, 0) is 0 Å². The van der Waals surface area contributed by atoms with Crippen LogP contribution in [0.15, 0.2) is 0 Å². The third-order valence-electron chi connectivity index (χ3n) is 1.65. The third-order valence-corrected chi connectivity index (χ3v) is 1.65. The Morgan fingerprint density at radius 2 is 1.50 bits per heavy atom. The Morgan fingerprint density at radius 3 is 1.75 bits per heavy atom. The van der Waals surface area contributed by atoms with Crippen LogP contribution in [-0.4, -0.2) is 6.04 Å². The van der Waals surface area contributed by atoms with Crippen molar-refractivity contribution in [2.75, 3.05) is 0 Å². The van der Waals surface area contributed by atoms with Crippen molar-refractivity contribution >= 4 is 24.0 Å². The van der Waals surface area contributed by atoms with Crippen LogP contribution < -0.4 is 5.73 Å². The fourth-order valence-electron chi connectivity index (χ4n) is 1.13. The lowest BCUT2D eigenvalue weighted by Gasteiger charge is -2.15. The number of hydrogen-bond donors (Lipinski definition) is 1. The first kappa shape index (κ1) is 8.69. The van der Waals surface area contributed by atoms with Crippen LogP contribution in [0.3, 0.4) is 0 Å². The summed E-state index contributed by atoms with van der Waals surface area (Å²) in [5, 5.41) is 0. The van der Waals surface area contributed by atoms with Crippen molar-refractivity contribution in [3.05, 3.63) is 0 Å². The van der Waals surface area contributed by atoms with Crippen molar-refractivity contribution in [1.82, 2.24) is 0 Å². The first-order chi connectivity index (χ1) is 3.39. The second kappa shape index (κ2) is 4.56. The molecule has 0 aromatic heterocycles. The van der Waals surface area contributed by atoms with E-state index in [2.05, 4.69) is 0 Å². The van der Waals surface area contributed by atoms with Gasteiger partial charge in [0.15, 0.2) is 0 Å². The van der Waals surface area contributed by atoms with E-state index in [1.807, 2.05) is 0 Å². The van der Waals surface area contributed by atoms with Gasteiger partial charge in [-0.2, -0.15) is 0 Å². The van der Waals surface area contributed by atoms with Crippen molar-refractivity contribution in [1.29, 1.82) is 0 Å². The summed E-state index contributed by atoms with van der Waals surface area (Å²) in [6.07, 6.45) is 6.66. The van der Waals surface area contributed by atoms with Crippen molar-refractivity contribution in [2.24, 2.45) is 5.73 Å². The topological polar surface area (TPSA) is 26.0 Å². The Bertz CT molecular complexity index is 50.5. The fourth-order valence-corrected chi connectivity index (χ4v) is 1.13. The zero-order chi connectivity index (χ0) is 5.11. The highest BCUT2D eigenvalue weighted by atomic mass is 127. The maximum atomic E-state index is 5.63. The molecule has 1 nitrogen and oxygen atoms in total. The van der Waals surface area contributed by atoms with E-state index >= 15 is 0 Å². The molecule has 1 rings (SSSR count). The lowest BCUT2D eigenvalue weighted by molar-refractivity contribution is 0.441. The molecule has 0 aromatic carbocycles. The Labute approximate surface area is 68.0 Å². The minimum absolute atomic E-state index is 0. The van der Waals surface area contributed by atoms with Gasteiger partial charge in [0.05, 0.1) is 0 Å². The maximum Gasteiger partial charge on any atom is 0.00388 e. The highest BCUT2D eigenvalue weighted by Gasteiger charge is 2.06. The summed E-state index contributed by atoms with van der Waals surface area (Å²) < 4.78 is 0. The number of halogens is 1. The molecule has 1 fully saturated rings. The fraction of sp³-hybridized carbons (Fsp3) is 1.00. The second-order valence-electron chi connectivity index (χ2n) is 2.40. The molecule has 8 heavy (non-hydrogen) atoms. The van der Waals surface area contributed by atoms with E-state index in [1.165, 1.54) is 32.1 Å². The van der Waals surface area contributed by atoms with Crippen molar-refractivity contribution in [3.63, 3.8) is 0 Å². The summed E-state index contributed by atoms with van der Waals surface area (Å²) in [6.45, 7) is 0. The van der Waals surface area contributed by atoms with Crippen molar-refractivity contribution in [3.8, 4) is 0 Å². The second-order valence-corrected chi connectivity index (χ2v) is 2.40. The van der Waals surface area contributed by atoms with Gasteiger partial charge in [-0.1, -0.05) is 19.3 Å². The Kier molecular flexibility index (Phi) is 4.95. The summed E-state index contributed by atoms with van der Waals surface area (Å²) in [4.78, 5) is 0. The van der Waals surface area contributed by atoms with E-state index in [0.717, 1.165) is 0 Å². The molecule has 1 saturated carbocycles. The maximum absolute atomic E-state index is 5.63. The molecule has 0 radical (unpaired) electrons. The molecular formula is C6H14IN. The van der Waals surface area contributed by atoms with Crippen LogP contribution in [0.5, 0.6) is 0 Å². The standard InChI is InChI=1S/C6H13N.HI/c7-6-4-2-1-3-5-6;/h6H,1-5,7H2;1H. The number of hydrogen-bond acceptors (Lipinski definition) is 1. The van der Waals surface area contributed by atoms with E-state index in [9.17, 15) is 0 Å². The van der Waals surface area contributed by atoms with Gasteiger partial charge in [-0.05, 0) is 12.8 Å². The minimum atomic E-state index is 0. The summed E-state index contributed by atoms with van der Waals surface area (Å²) in [5.41, 5.74) is 5.63. The zero-order valence-corrected chi connectivity index (χ0v) is 7.43. The third kappa shape index (κ3) is 2.87. The predicted molar refractivity (Wildman–Crippen MR) is 46.5 cm³/mol. The molecule has 0 spiro atoms. The number of nitrogens with two attached hydrogens (primary N) is 1. The van der Waals surface area contributed by atoms with Gasteiger partial charge in [0.2, 0.25) is 0 Å². The lowest BCUT2D eigenvalue weighted by atomic mass is 9.97. The SMILES string of the molecule is I.NC1CCCCC1. The Hall–Kier alpha value is 0.690. The van der Waals surface area contributed by atoms with Crippen LogP contribution in [0.1, 0.15) is 32.1 Å². The average Bonchev–Trinajstić information content (AvgIpc) is 1.69. The molecule has 1 aliphatic carbocycles. The van der Waals surface area contributed by atoms with E-state index in [4.69, 9.17) is 5.73 Å². The summed E-state index contributed by atoms with van der Waals surface area (Å²) in [5.74, 6) is 0. The van der Waals surface area contributed by atoms with Crippen LogP contribution in [0.2, 0.25) is 0 Å². The first-order valence-electron chi connectivity index (χ1n) is 3.15. The summed E-state index contributed by atoms with van der Waals surface area (Å²) >= 11 is 0. The van der Waals surface area contributed by atoms with Crippen molar-refractivity contribution < 1.29 is 0 Å². The number of rotatable bonds is 0. The van der Waals surface area contributed by atoms with Gasteiger partial charge in [-0.15, -0.1) is 24.0 Å². The first-order valence-corrected chi connectivity index (χ1v) is 3.15. The van der Waals surface area contributed by atoms with Gasteiger partial charge in [0.1, 0.15) is 0 Å². The molecule has 50 valence electrons. The summed E-state index contributed by atoms with van der Waals surface area (Å²) in [6, 6.07) is 0.536. The van der Waals surface area contributed by atoms with Gasteiger partial charge in [0.25, 0.3) is 0 Å².